The summed E-state index contributed by atoms with van der Waals surface area (Å²) < 4.78 is 0. The van der Waals surface area contributed by atoms with E-state index in [1.807, 2.05) is 79.7 Å². The lowest BCUT2D eigenvalue weighted by Gasteiger charge is -2.15. The Kier molecular flexibility index (Phi) is 5.56. The van der Waals surface area contributed by atoms with E-state index >= 15 is 0 Å². The molecule has 0 aliphatic rings. The van der Waals surface area contributed by atoms with Crippen molar-refractivity contribution in [3.8, 4) is 11.3 Å². The number of hydrogen-bond donors (Lipinski definition) is 1. The highest BCUT2D eigenvalue weighted by Gasteiger charge is 2.07. The van der Waals surface area contributed by atoms with E-state index in [4.69, 9.17) is 0 Å². The third-order valence-corrected chi connectivity index (χ3v) is 3.91. The molecule has 6 nitrogen and oxygen atoms in total. The van der Waals surface area contributed by atoms with Crippen LogP contribution in [0.15, 0.2) is 77.1 Å². The lowest BCUT2D eigenvalue weighted by molar-refractivity contribution is -0.114. The van der Waals surface area contributed by atoms with Crippen LogP contribution in [0.3, 0.4) is 0 Å². The Balaban J connectivity index is 1.83. The first-order valence-electron chi connectivity index (χ1n) is 8.55. The van der Waals surface area contributed by atoms with E-state index in [1.54, 1.807) is 6.20 Å². The first-order chi connectivity index (χ1) is 13.0. The van der Waals surface area contributed by atoms with Crippen molar-refractivity contribution in [2.45, 2.75) is 6.92 Å². The van der Waals surface area contributed by atoms with Crippen LogP contribution in [-0.4, -0.2) is 25.0 Å². The summed E-state index contributed by atoms with van der Waals surface area (Å²) in [4.78, 5) is 17.8. The number of amides is 1. The molecule has 0 saturated heterocycles. The largest absolute Gasteiger partial charge is 0.378 e. The molecular formula is C21H21N5O. The molecule has 0 atom stereocenters. The number of carbonyl (C=O) groups is 1. The molecule has 0 bridgehead atoms. The second kappa shape index (κ2) is 8.23. The van der Waals surface area contributed by atoms with Gasteiger partial charge in [-0.2, -0.15) is 5.11 Å². The number of rotatable bonds is 5. The van der Waals surface area contributed by atoms with Gasteiger partial charge in [0.05, 0.1) is 17.1 Å². The van der Waals surface area contributed by atoms with Crippen molar-refractivity contribution in [1.29, 1.82) is 0 Å². The van der Waals surface area contributed by atoms with Gasteiger partial charge in [-0.25, -0.2) is 0 Å². The van der Waals surface area contributed by atoms with Crippen LogP contribution in [0.25, 0.3) is 11.3 Å². The first kappa shape index (κ1) is 18.3. The molecule has 27 heavy (non-hydrogen) atoms. The van der Waals surface area contributed by atoms with E-state index < -0.39 is 0 Å². The van der Waals surface area contributed by atoms with Crippen LogP contribution in [0.4, 0.5) is 22.7 Å². The number of carbonyl (C=O) groups excluding carboxylic acids is 1. The molecule has 0 aliphatic carbocycles. The average Bonchev–Trinajstić information content (AvgIpc) is 2.67. The van der Waals surface area contributed by atoms with Crippen LogP contribution in [0.1, 0.15) is 6.92 Å². The van der Waals surface area contributed by atoms with Gasteiger partial charge in [0.15, 0.2) is 0 Å². The monoisotopic (exact) mass is 359 g/mol. The highest BCUT2D eigenvalue weighted by Crippen LogP contribution is 2.31. The Bertz CT molecular complexity index is 950. The third-order valence-electron chi connectivity index (χ3n) is 3.91. The topological polar surface area (TPSA) is 70.0 Å². The van der Waals surface area contributed by atoms with Crippen molar-refractivity contribution < 1.29 is 4.79 Å². The summed E-state index contributed by atoms with van der Waals surface area (Å²) in [5.41, 5.74) is 4.85. The van der Waals surface area contributed by atoms with Gasteiger partial charge in [-0.15, -0.1) is 5.11 Å². The van der Waals surface area contributed by atoms with Gasteiger partial charge < -0.3 is 10.2 Å². The van der Waals surface area contributed by atoms with Crippen LogP contribution >= 0.6 is 0 Å². The zero-order valence-corrected chi connectivity index (χ0v) is 15.5. The molecule has 0 unspecified atom stereocenters. The van der Waals surface area contributed by atoms with Gasteiger partial charge in [0.1, 0.15) is 5.69 Å². The van der Waals surface area contributed by atoms with Gasteiger partial charge in [0.2, 0.25) is 5.91 Å². The van der Waals surface area contributed by atoms with Gasteiger partial charge in [-0.3, -0.25) is 9.78 Å². The predicted octanol–water partition coefficient (Wildman–Crippen LogP) is 5.19. The summed E-state index contributed by atoms with van der Waals surface area (Å²) in [5, 5.41) is 11.4. The minimum atomic E-state index is -0.151. The van der Waals surface area contributed by atoms with Crippen molar-refractivity contribution in [3.05, 3.63) is 66.9 Å². The fourth-order valence-electron chi connectivity index (χ4n) is 2.52. The van der Waals surface area contributed by atoms with Crippen molar-refractivity contribution >= 4 is 28.7 Å². The van der Waals surface area contributed by atoms with Crippen LogP contribution in [0.5, 0.6) is 0 Å². The molecule has 136 valence electrons. The smallest absolute Gasteiger partial charge is 0.221 e. The molecule has 0 aliphatic heterocycles. The van der Waals surface area contributed by atoms with E-state index in [0.29, 0.717) is 11.4 Å². The second-order valence-corrected chi connectivity index (χ2v) is 6.24. The zero-order chi connectivity index (χ0) is 19.2. The highest BCUT2D eigenvalue weighted by atomic mass is 16.1. The molecule has 0 spiro atoms. The molecule has 1 N–H and O–H groups in total. The fourth-order valence-corrected chi connectivity index (χ4v) is 2.52. The number of anilines is 2. The molecule has 0 fully saturated rings. The minimum absolute atomic E-state index is 0.151. The summed E-state index contributed by atoms with van der Waals surface area (Å²) in [6, 6.07) is 19.1. The van der Waals surface area contributed by atoms with Gasteiger partial charge in [-0.1, -0.05) is 18.2 Å². The normalized spacial score (nSPS) is 10.8. The van der Waals surface area contributed by atoms with Crippen LogP contribution in [0.2, 0.25) is 0 Å². The molecule has 2 aromatic carbocycles. The van der Waals surface area contributed by atoms with E-state index in [1.165, 1.54) is 6.92 Å². The summed E-state index contributed by atoms with van der Waals surface area (Å²) in [7, 11) is 3.88. The zero-order valence-electron chi connectivity index (χ0n) is 15.5. The molecule has 3 rings (SSSR count). The Labute approximate surface area is 158 Å². The number of pyridine rings is 1. The molecule has 0 radical (unpaired) electrons. The van der Waals surface area contributed by atoms with Crippen LogP contribution in [0, 0.1) is 0 Å². The number of hydrogen-bond acceptors (Lipinski definition) is 5. The molecule has 6 heteroatoms. The quantitative estimate of drug-likeness (QED) is 0.637. The highest BCUT2D eigenvalue weighted by molar-refractivity contribution is 5.92. The van der Waals surface area contributed by atoms with E-state index in [9.17, 15) is 4.79 Å². The Morgan fingerprint density at radius 3 is 2.41 bits per heavy atom. The van der Waals surface area contributed by atoms with Crippen LogP contribution < -0.4 is 10.2 Å². The molecular weight excluding hydrogens is 338 g/mol. The van der Waals surface area contributed by atoms with E-state index in [2.05, 4.69) is 20.5 Å². The summed E-state index contributed by atoms with van der Waals surface area (Å²) in [6.07, 6.45) is 1.77. The van der Waals surface area contributed by atoms with Crippen molar-refractivity contribution in [2.75, 3.05) is 24.3 Å². The third kappa shape index (κ3) is 4.76. The number of nitrogens with zero attached hydrogens (tertiary/aromatic N) is 4. The predicted molar refractivity (Wildman–Crippen MR) is 109 cm³/mol. The minimum Gasteiger partial charge on any atom is -0.378 e. The lowest BCUT2D eigenvalue weighted by Crippen LogP contribution is -2.10. The Morgan fingerprint density at radius 2 is 1.78 bits per heavy atom. The lowest BCUT2D eigenvalue weighted by atomic mass is 10.1. The van der Waals surface area contributed by atoms with Gasteiger partial charge in [0, 0.05) is 38.5 Å². The van der Waals surface area contributed by atoms with E-state index in [0.717, 1.165) is 22.6 Å². The summed E-state index contributed by atoms with van der Waals surface area (Å²) in [6.45, 7) is 1.47. The summed E-state index contributed by atoms with van der Waals surface area (Å²) >= 11 is 0. The van der Waals surface area contributed by atoms with Crippen molar-refractivity contribution in [3.63, 3.8) is 0 Å². The molecule has 3 aromatic rings. The molecule has 1 heterocycles. The average molecular weight is 359 g/mol. The fraction of sp³-hybridized carbons (Fsp3) is 0.143. The van der Waals surface area contributed by atoms with E-state index in [-0.39, 0.29) is 5.91 Å². The van der Waals surface area contributed by atoms with Crippen molar-refractivity contribution in [1.82, 2.24) is 4.98 Å². The Hall–Kier alpha value is -3.54. The maximum Gasteiger partial charge on any atom is 0.221 e. The maximum atomic E-state index is 11.5. The number of benzene rings is 2. The van der Waals surface area contributed by atoms with Gasteiger partial charge >= 0.3 is 0 Å². The maximum absolute atomic E-state index is 11.5. The van der Waals surface area contributed by atoms with Gasteiger partial charge in [0.25, 0.3) is 0 Å². The van der Waals surface area contributed by atoms with Crippen molar-refractivity contribution in [2.24, 2.45) is 10.2 Å². The summed E-state index contributed by atoms with van der Waals surface area (Å²) in [5.74, 6) is -0.151. The van der Waals surface area contributed by atoms with Gasteiger partial charge in [-0.05, 0) is 42.5 Å². The Morgan fingerprint density at radius 1 is 1.00 bits per heavy atom. The SMILES string of the molecule is CC(=O)Nc1cc(N(C)C)ccc1N=Nc1ccc(-c2ccccn2)cc1. The van der Waals surface area contributed by atoms with Crippen LogP contribution in [-0.2, 0) is 4.79 Å². The molecule has 1 amide bonds. The second-order valence-electron chi connectivity index (χ2n) is 6.24. The standard InChI is InChI=1S/C21H21N5O/c1-15(27)23-21-14-18(26(2)3)11-12-20(21)25-24-17-9-7-16(8-10-17)19-6-4-5-13-22-19/h4-14H,1-3H3,(H,23,27). The number of azo groups is 1. The molecule has 0 saturated carbocycles. The first-order valence-corrected chi connectivity index (χ1v) is 8.55. The number of aromatic nitrogens is 1. The molecule has 1 aromatic heterocycles. The number of nitrogens with one attached hydrogen (secondary N) is 1.